The molecule has 3 heteroatoms. The highest BCUT2D eigenvalue weighted by Gasteiger charge is 2.23. The van der Waals surface area contributed by atoms with Crippen LogP contribution in [0.4, 0.5) is 0 Å². The van der Waals surface area contributed by atoms with E-state index in [1.807, 2.05) is 12.1 Å². The van der Waals surface area contributed by atoms with Gasteiger partial charge in [-0.25, -0.2) is 0 Å². The molecule has 0 unspecified atom stereocenters. The summed E-state index contributed by atoms with van der Waals surface area (Å²) in [5, 5.41) is 0. The van der Waals surface area contributed by atoms with Gasteiger partial charge in [0.25, 0.3) is 0 Å². The number of hydrogen-bond donors (Lipinski definition) is 0. The molecule has 0 amide bonds. The van der Waals surface area contributed by atoms with Crippen molar-refractivity contribution in [3.8, 4) is 16.9 Å². The summed E-state index contributed by atoms with van der Waals surface area (Å²) in [4.78, 5) is 5.12. The number of benzene rings is 3. The normalized spacial score (nSPS) is 15.4. The Morgan fingerprint density at radius 3 is 1.87 bits per heavy atom. The van der Waals surface area contributed by atoms with Crippen molar-refractivity contribution < 1.29 is 4.74 Å². The average Bonchev–Trinajstić information content (AvgIpc) is 2.80. The summed E-state index contributed by atoms with van der Waals surface area (Å²) >= 11 is 0. The van der Waals surface area contributed by atoms with Gasteiger partial charge in [-0.3, -0.25) is 4.90 Å². The summed E-state index contributed by atoms with van der Waals surface area (Å²) in [6.07, 6.45) is 2.49. The van der Waals surface area contributed by atoms with Crippen LogP contribution in [0.1, 0.15) is 24.0 Å². The van der Waals surface area contributed by atoms with Crippen LogP contribution in [0.2, 0.25) is 0 Å². The maximum absolute atomic E-state index is 5.27. The fourth-order valence-electron chi connectivity index (χ4n) is 4.31. The van der Waals surface area contributed by atoms with Crippen LogP contribution < -0.4 is 4.74 Å². The predicted octanol–water partition coefficient (Wildman–Crippen LogP) is 5.46. The predicted molar refractivity (Wildman–Crippen MR) is 125 cm³/mol. The van der Waals surface area contributed by atoms with E-state index >= 15 is 0 Å². The molecule has 0 spiro atoms. The van der Waals surface area contributed by atoms with Gasteiger partial charge in [0, 0.05) is 19.1 Å². The Bertz CT molecular complexity index is 898. The second-order valence-corrected chi connectivity index (χ2v) is 8.35. The maximum Gasteiger partial charge on any atom is 0.118 e. The van der Waals surface area contributed by atoms with E-state index in [0.29, 0.717) is 6.04 Å². The highest BCUT2D eigenvalue weighted by atomic mass is 16.5. The van der Waals surface area contributed by atoms with Gasteiger partial charge in [-0.05, 0) is 67.4 Å². The molecule has 3 nitrogen and oxygen atoms in total. The molecule has 1 aliphatic heterocycles. The van der Waals surface area contributed by atoms with Crippen molar-refractivity contribution in [1.82, 2.24) is 9.80 Å². The molecule has 0 N–H and O–H groups in total. The number of methoxy groups -OCH3 is 1. The van der Waals surface area contributed by atoms with E-state index in [0.717, 1.165) is 18.8 Å². The van der Waals surface area contributed by atoms with Crippen molar-refractivity contribution in [2.75, 3.05) is 27.2 Å². The zero-order valence-corrected chi connectivity index (χ0v) is 18.1. The van der Waals surface area contributed by atoms with Gasteiger partial charge < -0.3 is 9.64 Å². The van der Waals surface area contributed by atoms with E-state index in [1.165, 1.54) is 48.2 Å². The Hall–Kier alpha value is -2.62. The third-order valence-corrected chi connectivity index (χ3v) is 6.20. The van der Waals surface area contributed by atoms with Crippen molar-refractivity contribution in [1.29, 1.82) is 0 Å². The highest BCUT2D eigenvalue weighted by Crippen LogP contribution is 2.25. The Labute approximate surface area is 180 Å². The summed E-state index contributed by atoms with van der Waals surface area (Å²) in [7, 11) is 3.94. The first-order chi connectivity index (χ1) is 14.7. The third-order valence-electron chi connectivity index (χ3n) is 6.20. The molecule has 1 fully saturated rings. The molecule has 0 aromatic heterocycles. The molecule has 1 heterocycles. The molecule has 0 bridgehead atoms. The minimum atomic E-state index is 0.641. The van der Waals surface area contributed by atoms with Crippen LogP contribution in [-0.4, -0.2) is 43.1 Å². The number of rotatable bonds is 7. The third kappa shape index (κ3) is 5.29. The van der Waals surface area contributed by atoms with Crippen molar-refractivity contribution in [2.24, 2.45) is 0 Å². The van der Waals surface area contributed by atoms with Gasteiger partial charge in [-0.15, -0.1) is 0 Å². The average molecular weight is 401 g/mol. The fraction of sp³-hybridized carbons (Fsp3) is 0.333. The van der Waals surface area contributed by atoms with Gasteiger partial charge in [0.2, 0.25) is 0 Å². The summed E-state index contributed by atoms with van der Waals surface area (Å²) in [5.41, 5.74) is 5.24. The molecular weight excluding hydrogens is 368 g/mol. The van der Waals surface area contributed by atoms with Gasteiger partial charge in [0.05, 0.1) is 7.11 Å². The molecule has 3 aromatic carbocycles. The smallest absolute Gasteiger partial charge is 0.118 e. The number of nitrogens with zero attached hydrogens (tertiary/aromatic N) is 2. The van der Waals surface area contributed by atoms with E-state index in [2.05, 4.69) is 83.6 Å². The largest absolute Gasteiger partial charge is 0.497 e. The fourth-order valence-corrected chi connectivity index (χ4v) is 4.31. The van der Waals surface area contributed by atoms with Gasteiger partial charge in [0.15, 0.2) is 0 Å². The van der Waals surface area contributed by atoms with Crippen LogP contribution in [0.25, 0.3) is 11.1 Å². The number of likely N-dealkylation sites (tertiary alicyclic amines) is 1. The molecule has 0 aliphatic carbocycles. The first kappa shape index (κ1) is 20.6. The second kappa shape index (κ2) is 9.92. The molecule has 1 saturated heterocycles. The Kier molecular flexibility index (Phi) is 6.83. The van der Waals surface area contributed by atoms with Gasteiger partial charge in [-0.1, -0.05) is 66.7 Å². The molecule has 156 valence electrons. The maximum atomic E-state index is 5.27. The van der Waals surface area contributed by atoms with Crippen LogP contribution >= 0.6 is 0 Å². The van der Waals surface area contributed by atoms with E-state index in [-0.39, 0.29) is 0 Å². The van der Waals surface area contributed by atoms with Gasteiger partial charge in [0.1, 0.15) is 5.75 Å². The lowest BCUT2D eigenvalue weighted by molar-refractivity contribution is 0.108. The summed E-state index contributed by atoms with van der Waals surface area (Å²) < 4.78 is 5.27. The van der Waals surface area contributed by atoms with Crippen LogP contribution in [0, 0.1) is 0 Å². The Balaban J connectivity index is 1.48. The van der Waals surface area contributed by atoms with Crippen molar-refractivity contribution in [2.45, 2.75) is 32.0 Å². The number of hydrogen-bond acceptors (Lipinski definition) is 3. The Morgan fingerprint density at radius 2 is 1.30 bits per heavy atom. The highest BCUT2D eigenvalue weighted by molar-refractivity contribution is 5.64. The summed E-state index contributed by atoms with van der Waals surface area (Å²) in [5.74, 6) is 0.894. The van der Waals surface area contributed by atoms with Crippen LogP contribution in [0.3, 0.4) is 0 Å². The monoisotopic (exact) mass is 400 g/mol. The summed E-state index contributed by atoms with van der Waals surface area (Å²) in [6, 6.07) is 28.8. The molecule has 0 radical (unpaired) electrons. The van der Waals surface area contributed by atoms with Crippen LogP contribution in [0.15, 0.2) is 78.9 Å². The van der Waals surface area contributed by atoms with E-state index < -0.39 is 0 Å². The van der Waals surface area contributed by atoms with Crippen molar-refractivity contribution in [3.63, 3.8) is 0 Å². The topological polar surface area (TPSA) is 15.7 Å². The summed E-state index contributed by atoms with van der Waals surface area (Å²) in [6.45, 7) is 4.38. The van der Waals surface area contributed by atoms with Crippen molar-refractivity contribution in [3.05, 3.63) is 90.0 Å². The SMILES string of the molecule is COc1ccc(-c2ccc(CN(Cc3ccccc3)C3CCN(C)CC3)cc2)cc1. The first-order valence-corrected chi connectivity index (χ1v) is 10.9. The molecule has 3 aromatic rings. The minimum Gasteiger partial charge on any atom is -0.497 e. The van der Waals surface area contributed by atoms with Gasteiger partial charge >= 0.3 is 0 Å². The lowest BCUT2D eigenvalue weighted by Crippen LogP contribution is -2.43. The zero-order valence-electron chi connectivity index (χ0n) is 18.1. The van der Waals surface area contributed by atoms with Crippen molar-refractivity contribution >= 4 is 0 Å². The van der Waals surface area contributed by atoms with E-state index in [9.17, 15) is 0 Å². The Morgan fingerprint density at radius 1 is 0.767 bits per heavy atom. The standard InChI is InChI=1S/C27H32N2O/c1-28-18-16-26(17-19-28)29(20-22-6-4-3-5-7-22)21-23-8-10-24(11-9-23)25-12-14-27(30-2)15-13-25/h3-15,26H,16-21H2,1-2H3. The van der Waals surface area contributed by atoms with E-state index in [1.54, 1.807) is 7.11 Å². The molecule has 4 rings (SSSR count). The minimum absolute atomic E-state index is 0.641. The van der Waals surface area contributed by atoms with Gasteiger partial charge in [-0.2, -0.15) is 0 Å². The first-order valence-electron chi connectivity index (χ1n) is 10.9. The molecule has 30 heavy (non-hydrogen) atoms. The van der Waals surface area contributed by atoms with Crippen LogP contribution in [0.5, 0.6) is 5.75 Å². The van der Waals surface area contributed by atoms with E-state index in [4.69, 9.17) is 4.74 Å². The molecular formula is C27H32N2O. The quantitative estimate of drug-likeness (QED) is 0.524. The molecule has 0 atom stereocenters. The number of ether oxygens (including phenoxy) is 1. The lowest BCUT2D eigenvalue weighted by Gasteiger charge is -2.37. The number of piperidine rings is 1. The van der Waals surface area contributed by atoms with Crippen LogP contribution in [-0.2, 0) is 13.1 Å². The molecule has 1 aliphatic rings. The zero-order chi connectivity index (χ0) is 20.8. The molecule has 0 saturated carbocycles. The lowest BCUT2D eigenvalue weighted by atomic mass is 10.0. The second-order valence-electron chi connectivity index (χ2n) is 8.35.